The molecule has 3 aromatic rings. The third-order valence-electron chi connectivity index (χ3n) is 4.81. The van der Waals surface area contributed by atoms with Crippen LogP contribution in [0.25, 0.3) is 10.2 Å². The molecule has 0 aromatic carbocycles. The molecule has 4 heterocycles. The maximum atomic E-state index is 12.4. The molecule has 0 spiro atoms. The molecule has 0 amide bonds. The molecule has 1 aliphatic rings. The number of rotatable bonds is 4. The highest BCUT2D eigenvalue weighted by molar-refractivity contribution is 7.18. The summed E-state index contributed by atoms with van der Waals surface area (Å²) < 4.78 is 38.8. The van der Waals surface area contributed by atoms with Crippen molar-refractivity contribution >= 4 is 33.1 Å². The highest BCUT2D eigenvalue weighted by Crippen LogP contribution is 2.33. The van der Waals surface area contributed by atoms with Gasteiger partial charge in [0.05, 0.1) is 28.1 Å². The van der Waals surface area contributed by atoms with Gasteiger partial charge in [0.2, 0.25) is 0 Å². The van der Waals surface area contributed by atoms with E-state index in [1.807, 2.05) is 24.3 Å². The molecule has 0 aliphatic carbocycles. The predicted molar refractivity (Wildman–Crippen MR) is 101 cm³/mol. The van der Waals surface area contributed by atoms with Crippen LogP contribution in [0.4, 0.5) is 24.7 Å². The second-order valence-corrected chi connectivity index (χ2v) is 7.67. The van der Waals surface area contributed by atoms with Gasteiger partial charge in [0.15, 0.2) is 0 Å². The van der Waals surface area contributed by atoms with Crippen LogP contribution in [-0.2, 0) is 6.54 Å². The molecule has 11 heteroatoms. The summed E-state index contributed by atoms with van der Waals surface area (Å²) in [4.78, 5) is 24.6. The van der Waals surface area contributed by atoms with E-state index in [1.165, 1.54) is 12.3 Å². The number of hydrogen-bond acceptors (Lipinski definition) is 7. The first kappa shape index (κ1) is 18.7. The second kappa shape index (κ2) is 6.73. The molecule has 7 nitrogen and oxygen atoms in total. The zero-order valence-electron chi connectivity index (χ0n) is 15.1. The molecule has 0 bridgehead atoms. The summed E-state index contributed by atoms with van der Waals surface area (Å²) in [5, 5.41) is 5.70. The predicted octanol–water partition coefficient (Wildman–Crippen LogP) is 2.44. The monoisotopic (exact) mass is 410 g/mol. The summed E-state index contributed by atoms with van der Waals surface area (Å²) in [6.07, 6.45) is -1.63. The van der Waals surface area contributed by atoms with Crippen molar-refractivity contribution in [2.45, 2.75) is 25.7 Å². The molecule has 1 aliphatic heterocycles. The number of thiophene rings is 1. The van der Waals surface area contributed by atoms with Crippen molar-refractivity contribution in [3.05, 3.63) is 39.9 Å². The van der Waals surface area contributed by atoms with Gasteiger partial charge in [0.1, 0.15) is 18.7 Å². The molecule has 0 saturated carbocycles. The smallest absolute Gasteiger partial charge is 0.366 e. The van der Waals surface area contributed by atoms with Gasteiger partial charge in [-0.2, -0.15) is 18.3 Å². The molecule has 0 unspecified atom stereocenters. The van der Waals surface area contributed by atoms with E-state index in [0.29, 0.717) is 23.5 Å². The SMILES string of the molecule is Cc1csc2c(N(C)C3CN(c4cnn(CC(F)(F)F)c(=O)c4)C3)ncnc12. The van der Waals surface area contributed by atoms with Crippen molar-refractivity contribution < 1.29 is 13.2 Å². The first-order chi connectivity index (χ1) is 13.2. The number of aromatic nitrogens is 4. The van der Waals surface area contributed by atoms with Crippen LogP contribution in [0.1, 0.15) is 5.56 Å². The van der Waals surface area contributed by atoms with E-state index < -0.39 is 18.3 Å². The van der Waals surface area contributed by atoms with E-state index in [2.05, 4.69) is 20.0 Å². The van der Waals surface area contributed by atoms with E-state index in [-0.39, 0.29) is 6.04 Å². The number of alkyl halides is 3. The largest absolute Gasteiger partial charge is 0.408 e. The van der Waals surface area contributed by atoms with Crippen molar-refractivity contribution in [2.75, 3.05) is 29.9 Å². The maximum absolute atomic E-state index is 12.4. The molecule has 28 heavy (non-hydrogen) atoms. The normalized spacial score (nSPS) is 15.1. The van der Waals surface area contributed by atoms with E-state index in [1.54, 1.807) is 17.7 Å². The van der Waals surface area contributed by atoms with Gasteiger partial charge in [-0.15, -0.1) is 11.3 Å². The van der Waals surface area contributed by atoms with Crippen LogP contribution >= 0.6 is 11.3 Å². The van der Waals surface area contributed by atoms with Crippen LogP contribution in [0.5, 0.6) is 0 Å². The van der Waals surface area contributed by atoms with E-state index >= 15 is 0 Å². The Morgan fingerprint density at radius 1 is 1.32 bits per heavy atom. The molecule has 1 fully saturated rings. The zero-order valence-corrected chi connectivity index (χ0v) is 16.0. The zero-order chi connectivity index (χ0) is 20.1. The summed E-state index contributed by atoms with van der Waals surface area (Å²) >= 11 is 1.60. The fourth-order valence-corrected chi connectivity index (χ4v) is 4.21. The fraction of sp³-hybridized carbons (Fsp3) is 0.412. The average Bonchev–Trinajstić information content (AvgIpc) is 2.96. The minimum Gasteiger partial charge on any atom is -0.366 e. The lowest BCUT2D eigenvalue weighted by atomic mass is 10.1. The number of aryl methyl sites for hydroxylation is 1. The second-order valence-electron chi connectivity index (χ2n) is 6.79. The Morgan fingerprint density at radius 2 is 2.07 bits per heavy atom. The lowest BCUT2D eigenvalue weighted by Gasteiger charge is -2.45. The Morgan fingerprint density at radius 3 is 2.75 bits per heavy atom. The Bertz CT molecular complexity index is 1070. The minimum absolute atomic E-state index is 0.165. The van der Waals surface area contributed by atoms with Gasteiger partial charge < -0.3 is 9.80 Å². The minimum atomic E-state index is -4.48. The number of hydrogen-bond donors (Lipinski definition) is 0. The number of nitrogens with zero attached hydrogens (tertiary/aromatic N) is 6. The van der Waals surface area contributed by atoms with Crippen molar-refractivity contribution in [1.29, 1.82) is 0 Å². The number of fused-ring (bicyclic) bond motifs is 1. The summed E-state index contributed by atoms with van der Waals surface area (Å²) in [6, 6.07) is 1.36. The van der Waals surface area contributed by atoms with Crippen LogP contribution < -0.4 is 15.4 Å². The van der Waals surface area contributed by atoms with Crippen LogP contribution in [0.2, 0.25) is 0 Å². The molecule has 3 aromatic heterocycles. The van der Waals surface area contributed by atoms with Crippen LogP contribution in [-0.4, -0.2) is 52.1 Å². The summed E-state index contributed by atoms with van der Waals surface area (Å²) in [5.74, 6) is 0.853. The van der Waals surface area contributed by atoms with Crippen LogP contribution in [0.15, 0.2) is 28.8 Å². The number of halogens is 3. The van der Waals surface area contributed by atoms with Gasteiger partial charge in [-0.05, 0) is 17.9 Å². The molecular formula is C17H17F3N6OS. The maximum Gasteiger partial charge on any atom is 0.408 e. The van der Waals surface area contributed by atoms with Gasteiger partial charge in [0, 0.05) is 26.2 Å². The van der Waals surface area contributed by atoms with Gasteiger partial charge in [-0.3, -0.25) is 4.79 Å². The summed E-state index contributed by atoms with van der Waals surface area (Å²) in [5.41, 5.74) is 1.80. The van der Waals surface area contributed by atoms with Crippen LogP contribution in [0.3, 0.4) is 0 Å². The van der Waals surface area contributed by atoms with Crippen molar-refractivity contribution in [1.82, 2.24) is 19.7 Å². The van der Waals surface area contributed by atoms with Gasteiger partial charge in [0.25, 0.3) is 5.56 Å². The average molecular weight is 410 g/mol. The highest BCUT2D eigenvalue weighted by Gasteiger charge is 2.33. The van der Waals surface area contributed by atoms with E-state index in [4.69, 9.17) is 0 Å². The van der Waals surface area contributed by atoms with E-state index in [0.717, 1.165) is 21.6 Å². The van der Waals surface area contributed by atoms with Gasteiger partial charge in [-0.25, -0.2) is 14.6 Å². The van der Waals surface area contributed by atoms with Crippen molar-refractivity contribution in [3.63, 3.8) is 0 Å². The highest BCUT2D eigenvalue weighted by atomic mass is 32.1. The molecule has 4 rings (SSSR count). The topological polar surface area (TPSA) is 67.2 Å². The molecule has 0 radical (unpaired) electrons. The van der Waals surface area contributed by atoms with Crippen molar-refractivity contribution in [3.8, 4) is 0 Å². The molecule has 0 atom stereocenters. The molecule has 0 N–H and O–H groups in total. The quantitative estimate of drug-likeness (QED) is 0.658. The summed E-state index contributed by atoms with van der Waals surface area (Å²) in [6.45, 7) is 1.86. The summed E-state index contributed by atoms with van der Waals surface area (Å²) in [7, 11) is 1.96. The Kier molecular flexibility index (Phi) is 4.48. The Hall–Kier alpha value is -2.69. The Balaban J connectivity index is 1.47. The first-order valence-electron chi connectivity index (χ1n) is 8.53. The molecular weight excluding hydrogens is 393 g/mol. The first-order valence-corrected chi connectivity index (χ1v) is 9.41. The van der Waals surface area contributed by atoms with Gasteiger partial charge >= 0.3 is 6.18 Å². The van der Waals surface area contributed by atoms with Crippen LogP contribution in [0, 0.1) is 6.92 Å². The fourth-order valence-electron chi connectivity index (χ4n) is 3.18. The van der Waals surface area contributed by atoms with Gasteiger partial charge in [-0.1, -0.05) is 0 Å². The third-order valence-corrected chi connectivity index (χ3v) is 5.89. The molecule has 1 saturated heterocycles. The van der Waals surface area contributed by atoms with Crippen molar-refractivity contribution in [2.24, 2.45) is 0 Å². The molecule has 148 valence electrons. The number of likely N-dealkylation sites (N-methyl/N-ethyl adjacent to an activating group) is 1. The van der Waals surface area contributed by atoms with E-state index in [9.17, 15) is 18.0 Å². The standard InChI is InChI=1S/C17H17F3N6OS/c1-10-7-28-15-14(10)21-9-22-16(15)24(2)12-5-25(6-12)11-3-13(27)26(23-4-11)8-17(18,19)20/h3-4,7,9,12H,5-6,8H2,1-2H3. The Labute approximate surface area is 162 Å². The lowest BCUT2D eigenvalue weighted by Crippen LogP contribution is -2.59. The third kappa shape index (κ3) is 3.41. The lowest BCUT2D eigenvalue weighted by molar-refractivity contribution is -0.143. The number of anilines is 2.